The standard InChI is InChI=1S/C32H28N2O5/c1-23(38-28-17-15-27(16-18-28)26-11-7-4-8-12-26)32(36)34-33-22-25-13-19-29(30(21-25)37-2)39-31(35)20-14-24-9-5-3-6-10-24/h3-23H,1-2H3,(H,34,36)/b20-14+,33-22-/t23-/m0/s1. The van der Waals surface area contributed by atoms with E-state index in [-0.39, 0.29) is 5.75 Å². The van der Waals surface area contributed by atoms with Crippen molar-refractivity contribution in [2.75, 3.05) is 7.11 Å². The maximum Gasteiger partial charge on any atom is 0.336 e. The number of benzene rings is 4. The highest BCUT2D eigenvalue weighted by Gasteiger charge is 2.14. The molecule has 0 bridgehead atoms. The molecule has 0 saturated carbocycles. The number of rotatable bonds is 10. The minimum Gasteiger partial charge on any atom is -0.493 e. The van der Waals surface area contributed by atoms with Crippen LogP contribution in [0.15, 0.2) is 114 Å². The van der Waals surface area contributed by atoms with Crippen molar-refractivity contribution in [3.63, 3.8) is 0 Å². The van der Waals surface area contributed by atoms with Crippen LogP contribution in [-0.4, -0.2) is 31.3 Å². The number of ether oxygens (including phenoxy) is 3. The predicted octanol–water partition coefficient (Wildman–Crippen LogP) is 5.90. The van der Waals surface area contributed by atoms with Crippen molar-refractivity contribution in [2.45, 2.75) is 13.0 Å². The lowest BCUT2D eigenvalue weighted by Gasteiger charge is -2.13. The van der Waals surface area contributed by atoms with Crippen LogP contribution in [0.3, 0.4) is 0 Å². The van der Waals surface area contributed by atoms with Crippen LogP contribution >= 0.6 is 0 Å². The predicted molar refractivity (Wildman–Crippen MR) is 152 cm³/mol. The molecular weight excluding hydrogens is 492 g/mol. The van der Waals surface area contributed by atoms with Crippen LogP contribution < -0.4 is 19.6 Å². The second kappa shape index (κ2) is 13.4. The maximum absolute atomic E-state index is 12.5. The van der Waals surface area contributed by atoms with Gasteiger partial charge in [0.2, 0.25) is 0 Å². The highest BCUT2D eigenvalue weighted by atomic mass is 16.6. The quantitative estimate of drug-likeness (QED) is 0.0925. The number of methoxy groups -OCH3 is 1. The number of nitrogens with zero attached hydrogens (tertiary/aromatic N) is 1. The lowest BCUT2D eigenvalue weighted by Crippen LogP contribution is -2.33. The number of esters is 1. The summed E-state index contributed by atoms with van der Waals surface area (Å²) in [7, 11) is 1.47. The van der Waals surface area contributed by atoms with Crippen molar-refractivity contribution in [3.05, 3.63) is 120 Å². The number of hydrogen-bond acceptors (Lipinski definition) is 6. The summed E-state index contributed by atoms with van der Waals surface area (Å²) in [5, 5.41) is 4.01. The monoisotopic (exact) mass is 520 g/mol. The van der Waals surface area contributed by atoms with E-state index in [4.69, 9.17) is 14.2 Å². The Labute approximate surface area is 227 Å². The van der Waals surface area contributed by atoms with Gasteiger partial charge in [0.25, 0.3) is 5.91 Å². The summed E-state index contributed by atoms with van der Waals surface area (Å²) in [6.45, 7) is 1.65. The van der Waals surface area contributed by atoms with Crippen molar-refractivity contribution >= 4 is 24.2 Å². The summed E-state index contributed by atoms with van der Waals surface area (Å²) in [5.41, 5.74) is 6.16. The Bertz CT molecular complexity index is 1450. The summed E-state index contributed by atoms with van der Waals surface area (Å²) in [4.78, 5) is 24.7. The van der Waals surface area contributed by atoms with Crippen molar-refractivity contribution in [3.8, 4) is 28.4 Å². The maximum atomic E-state index is 12.5. The fraction of sp³-hybridized carbons (Fsp3) is 0.0938. The Balaban J connectivity index is 1.29. The molecule has 0 saturated heterocycles. The molecule has 196 valence electrons. The Morgan fingerprint density at radius 2 is 1.46 bits per heavy atom. The zero-order valence-corrected chi connectivity index (χ0v) is 21.6. The topological polar surface area (TPSA) is 86.2 Å². The van der Waals surface area contributed by atoms with E-state index in [2.05, 4.69) is 10.5 Å². The second-order valence-electron chi connectivity index (χ2n) is 8.46. The van der Waals surface area contributed by atoms with Crippen LogP contribution in [0, 0.1) is 0 Å². The number of carbonyl (C=O) groups is 2. The SMILES string of the molecule is COc1cc(/C=N\NC(=O)[C@H](C)Oc2ccc(-c3ccccc3)cc2)ccc1OC(=O)/C=C/c1ccccc1. The fourth-order valence-electron chi connectivity index (χ4n) is 3.60. The van der Waals surface area contributed by atoms with Gasteiger partial charge in [0.05, 0.1) is 13.3 Å². The Morgan fingerprint density at radius 1 is 0.795 bits per heavy atom. The number of amides is 1. The third-order valence-corrected chi connectivity index (χ3v) is 5.64. The summed E-state index contributed by atoms with van der Waals surface area (Å²) >= 11 is 0. The van der Waals surface area contributed by atoms with E-state index in [1.807, 2.05) is 84.9 Å². The van der Waals surface area contributed by atoms with Gasteiger partial charge >= 0.3 is 5.97 Å². The van der Waals surface area contributed by atoms with Gasteiger partial charge in [-0.05, 0) is 65.6 Å². The molecule has 4 aromatic rings. The summed E-state index contributed by atoms with van der Waals surface area (Å²) < 4.78 is 16.5. The molecule has 0 heterocycles. The van der Waals surface area contributed by atoms with Crippen molar-refractivity contribution < 1.29 is 23.8 Å². The Kier molecular flexibility index (Phi) is 9.23. The number of carbonyl (C=O) groups excluding carboxylic acids is 2. The van der Waals surface area contributed by atoms with E-state index in [1.165, 1.54) is 19.4 Å². The molecule has 7 heteroatoms. The van der Waals surface area contributed by atoms with E-state index in [0.717, 1.165) is 16.7 Å². The molecule has 1 amide bonds. The molecule has 39 heavy (non-hydrogen) atoms. The number of nitrogens with one attached hydrogen (secondary N) is 1. The molecule has 0 unspecified atom stereocenters. The zero-order valence-electron chi connectivity index (χ0n) is 21.6. The minimum absolute atomic E-state index is 0.265. The summed E-state index contributed by atoms with van der Waals surface area (Å²) in [6.07, 6.45) is 3.72. The Morgan fingerprint density at radius 3 is 2.15 bits per heavy atom. The van der Waals surface area contributed by atoms with Gasteiger partial charge in [-0.2, -0.15) is 5.10 Å². The second-order valence-corrected chi connectivity index (χ2v) is 8.46. The van der Waals surface area contributed by atoms with Gasteiger partial charge in [0, 0.05) is 6.08 Å². The molecule has 4 aromatic carbocycles. The summed E-state index contributed by atoms with van der Waals surface area (Å²) in [5.74, 6) is 0.259. The molecule has 1 N–H and O–H groups in total. The third-order valence-electron chi connectivity index (χ3n) is 5.64. The molecule has 0 aliphatic carbocycles. The van der Waals surface area contributed by atoms with Gasteiger partial charge in [0.1, 0.15) is 5.75 Å². The smallest absolute Gasteiger partial charge is 0.336 e. The molecule has 4 rings (SSSR count). The molecule has 0 aromatic heterocycles. The van der Waals surface area contributed by atoms with Crippen LogP contribution in [-0.2, 0) is 9.59 Å². The molecule has 0 radical (unpaired) electrons. The van der Waals surface area contributed by atoms with Crippen molar-refractivity contribution in [1.82, 2.24) is 5.43 Å². The summed E-state index contributed by atoms with van der Waals surface area (Å²) in [6, 6.07) is 31.9. The zero-order chi connectivity index (χ0) is 27.5. The largest absolute Gasteiger partial charge is 0.493 e. The van der Waals surface area contributed by atoms with E-state index < -0.39 is 18.0 Å². The van der Waals surface area contributed by atoms with Crippen LogP contribution in [0.4, 0.5) is 0 Å². The van der Waals surface area contributed by atoms with Gasteiger partial charge in [0.15, 0.2) is 17.6 Å². The average Bonchev–Trinajstić information content (AvgIpc) is 2.98. The van der Waals surface area contributed by atoms with Crippen LogP contribution in [0.5, 0.6) is 17.2 Å². The lowest BCUT2D eigenvalue weighted by molar-refractivity contribution is -0.129. The highest BCUT2D eigenvalue weighted by molar-refractivity contribution is 5.89. The van der Waals surface area contributed by atoms with Gasteiger partial charge in [-0.1, -0.05) is 72.8 Å². The van der Waals surface area contributed by atoms with Crippen LogP contribution in [0.1, 0.15) is 18.1 Å². The van der Waals surface area contributed by atoms with E-state index in [0.29, 0.717) is 17.1 Å². The number of hydrogen-bond donors (Lipinski definition) is 1. The molecule has 0 spiro atoms. The number of hydrazone groups is 1. The van der Waals surface area contributed by atoms with Crippen LogP contribution in [0.25, 0.3) is 17.2 Å². The van der Waals surface area contributed by atoms with Crippen LogP contribution in [0.2, 0.25) is 0 Å². The minimum atomic E-state index is -0.759. The first kappa shape index (κ1) is 26.9. The highest BCUT2D eigenvalue weighted by Crippen LogP contribution is 2.28. The first-order valence-electron chi connectivity index (χ1n) is 12.3. The first-order valence-corrected chi connectivity index (χ1v) is 12.3. The molecule has 0 fully saturated rings. The third kappa shape index (κ3) is 7.90. The van der Waals surface area contributed by atoms with Gasteiger partial charge in [-0.3, -0.25) is 4.79 Å². The molecule has 1 atom stereocenters. The van der Waals surface area contributed by atoms with Gasteiger partial charge in [-0.25, -0.2) is 10.2 Å². The van der Waals surface area contributed by atoms with E-state index >= 15 is 0 Å². The molecular formula is C32H28N2O5. The van der Waals surface area contributed by atoms with E-state index in [1.54, 1.807) is 31.2 Å². The van der Waals surface area contributed by atoms with Gasteiger partial charge < -0.3 is 14.2 Å². The van der Waals surface area contributed by atoms with Crippen molar-refractivity contribution in [2.24, 2.45) is 5.10 Å². The molecule has 0 aliphatic heterocycles. The van der Waals surface area contributed by atoms with Crippen molar-refractivity contribution in [1.29, 1.82) is 0 Å². The lowest BCUT2D eigenvalue weighted by atomic mass is 10.1. The normalized spacial score (nSPS) is 11.7. The van der Waals surface area contributed by atoms with E-state index in [9.17, 15) is 9.59 Å². The molecule has 0 aliphatic rings. The van der Waals surface area contributed by atoms with Gasteiger partial charge in [-0.15, -0.1) is 0 Å². The fourth-order valence-corrected chi connectivity index (χ4v) is 3.60. The molecule has 7 nitrogen and oxygen atoms in total. The first-order chi connectivity index (χ1) is 19.0. The average molecular weight is 521 g/mol. The Hall–Kier alpha value is -5.17.